The van der Waals surface area contributed by atoms with E-state index in [1.54, 1.807) is 6.20 Å². The molecule has 20 heavy (non-hydrogen) atoms. The van der Waals surface area contributed by atoms with Gasteiger partial charge in [0.2, 0.25) is 5.91 Å². The van der Waals surface area contributed by atoms with E-state index in [2.05, 4.69) is 15.5 Å². The number of rotatable bonds is 6. The van der Waals surface area contributed by atoms with Crippen LogP contribution in [0.2, 0.25) is 0 Å². The lowest BCUT2D eigenvalue weighted by Gasteiger charge is -2.07. The van der Waals surface area contributed by atoms with Gasteiger partial charge in [0.15, 0.2) is 0 Å². The molecule has 0 spiro atoms. The van der Waals surface area contributed by atoms with Crippen molar-refractivity contribution in [2.24, 2.45) is 5.73 Å². The number of anilines is 1. The van der Waals surface area contributed by atoms with Crippen molar-refractivity contribution in [2.75, 3.05) is 5.32 Å². The first-order valence-corrected chi connectivity index (χ1v) is 6.80. The molecule has 1 heterocycles. The summed E-state index contributed by atoms with van der Waals surface area (Å²) in [7, 11) is 0. The molecule has 0 fully saturated rings. The maximum Gasteiger partial charge on any atom is 0.224 e. The van der Waals surface area contributed by atoms with Gasteiger partial charge in [-0.15, -0.1) is 0 Å². The topological polar surface area (TPSA) is 83.8 Å². The van der Waals surface area contributed by atoms with Gasteiger partial charge < -0.3 is 11.1 Å². The molecule has 1 aromatic carbocycles. The lowest BCUT2D eigenvalue weighted by atomic mass is 10.1. The van der Waals surface area contributed by atoms with E-state index in [0.29, 0.717) is 6.42 Å². The van der Waals surface area contributed by atoms with Crippen LogP contribution in [0.25, 0.3) is 11.3 Å². The quantitative estimate of drug-likeness (QED) is 0.755. The zero-order valence-electron chi connectivity index (χ0n) is 11.6. The highest BCUT2D eigenvalue weighted by molar-refractivity contribution is 5.90. The van der Waals surface area contributed by atoms with Gasteiger partial charge in [0, 0.05) is 24.3 Å². The maximum atomic E-state index is 11.7. The molecule has 5 nitrogen and oxygen atoms in total. The first-order valence-electron chi connectivity index (χ1n) is 6.80. The van der Waals surface area contributed by atoms with E-state index in [1.165, 1.54) is 0 Å². The molecule has 0 aliphatic rings. The number of nitrogens with zero attached hydrogens (tertiary/aromatic N) is 1. The largest absolute Gasteiger partial charge is 0.328 e. The Bertz CT molecular complexity index is 532. The van der Waals surface area contributed by atoms with Gasteiger partial charge in [-0.2, -0.15) is 5.10 Å². The van der Waals surface area contributed by atoms with E-state index in [1.807, 2.05) is 37.3 Å². The van der Waals surface area contributed by atoms with E-state index in [9.17, 15) is 4.79 Å². The van der Waals surface area contributed by atoms with Crippen molar-refractivity contribution in [3.63, 3.8) is 0 Å². The van der Waals surface area contributed by atoms with Crippen molar-refractivity contribution in [2.45, 2.75) is 32.2 Å². The second-order valence-corrected chi connectivity index (χ2v) is 4.97. The molecular formula is C15H20N4O. The number of amides is 1. The maximum absolute atomic E-state index is 11.7. The highest BCUT2D eigenvalue weighted by Crippen LogP contribution is 2.19. The Kier molecular flexibility index (Phi) is 4.90. The molecule has 2 aromatic rings. The van der Waals surface area contributed by atoms with Crippen LogP contribution in [0.4, 0.5) is 5.69 Å². The lowest BCUT2D eigenvalue weighted by Crippen LogP contribution is -2.16. The lowest BCUT2D eigenvalue weighted by molar-refractivity contribution is -0.116. The van der Waals surface area contributed by atoms with Crippen molar-refractivity contribution in [3.05, 3.63) is 36.5 Å². The predicted octanol–water partition coefficient (Wildman–Crippen LogP) is 2.53. The number of nitrogens with two attached hydrogens (primary N) is 1. The third-order valence-corrected chi connectivity index (χ3v) is 3.04. The highest BCUT2D eigenvalue weighted by atomic mass is 16.1. The molecule has 1 aromatic heterocycles. The Hall–Kier alpha value is -2.14. The monoisotopic (exact) mass is 272 g/mol. The molecule has 2 rings (SSSR count). The summed E-state index contributed by atoms with van der Waals surface area (Å²) in [5.41, 5.74) is 8.46. The van der Waals surface area contributed by atoms with Gasteiger partial charge in [0.05, 0.1) is 5.69 Å². The van der Waals surface area contributed by atoms with Crippen molar-refractivity contribution in [1.29, 1.82) is 0 Å². The first kappa shape index (κ1) is 14.3. The smallest absolute Gasteiger partial charge is 0.224 e. The van der Waals surface area contributed by atoms with Crippen LogP contribution in [-0.4, -0.2) is 22.1 Å². The third-order valence-electron chi connectivity index (χ3n) is 3.04. The fourth-order valence-corrected chi connectivity index (χ4v) is 1.96. The summed E-state index contributed by atoms with van der Waals surface area (Å²) in [5.74, 6) is 0.0277. The molecule has 0 aliphatic carbocycles. The fraction of sp³-hybridized carbons (Fsp3) is 0.333. The Morgan fingerprint density at radius 3 is 2.70 bits per heavy atom. The Labute approximate surface area is 118 Å². The molecule has 0 radical (unpaired) electrons. The summed E-state index contributed by atoms with van der Waals surface area (Å²) in [5, 5.41) is 9.70. The summed E-state index contributed by atoms with van der Waals surface area (Å²) in [6.45, 7) is 1.95. The van der Waals surface area contributed by atoms with Crippen LogP contribution in [0, 0.1) is 0 Å². The van der Waals surface area contributed by atoms with Crippen LogP contribution in [0.3, 0.4) is 0 Å². The fourth-order valence-electron chi connectivity index (χ4n) is 1.96. The number of aromatic amines is 1. The minimum atomic E-state index is 0.0277. The number of hydrogen-bond acceptors (Lipinski definition) is 3. The summed E-state index contributed by atoms with van der Waals surface area (Å²) in [6.07, 6.45) is 3.90. The Balaban J connectivity index is 1.86. The van der Waals surface area contributed by atoms with Gasteiger partial charge in [-0.05, 0) is 43.5 Å². The average Bonchev–Trinajstić information content (AvgIpc) is 2.93. The third kappa shape index (κ3) is 4.20. The van der Waals surface area contributed by atoms with E-state index in [4.69, 9.17) is 5.73 Å². The van der Waals surface area contributed by atoms with E-state index < -0.39 is 0 Å². The zero-order valence-corrected chi connectivity index (χ0v) is 11.6. The molecule has 5 heteroatoms. The predicted molar refractivity (Wildman–Crippen MR) is 80.2 cm³/mol. The number of carbonyl (C=O) groups is 1. The van der Waals surface area contributed by atoms with Crippen LogP contribution in [0.1, 0.15) is 26.2 Å². The summed E-state index contributed by atoms with van der Waals surface area (Å²) in [6, 6.07) is 9.73. The number of hydrogen-bond donors (Lipinski definition) is 3. The second-order valence-electron chi connectivity index (χ2n) is 4.97. The van der Waals surface area contributed by atoms with Crippen LogP contribution in [0.15, 0.2) is 36.5 Å². The van der Waals surface area contributed by atoms with Crippen LogP contribution < -0.4 is 11.1 Å². The standard InChI is InChI=1S/C15H20N4O/c1-11(16)3-2-4-15(20)18-13-7-5-12(6-8-13)14-9-10-17-19-14/h5-11H,2-4,16H2,1H3,(H,17,19)(H,18,20). The highest BCUT2D eigenvalue weighted by Gasteiger charge is 2.04. The van der Waals surface area contributed by atoms with E-state index in [-0.39, 0.29) is 11.9 Å². The molecule has 0 aliphatic heterocycles. The molecule has 1 amide bonds. The van der Waals surface area contributed by atoms with Crippen LogP contribution in [0.5, 0.6) is 0 Å². The first-order chi connectivity index (χ1) is 9.65. The zero-order chi connectivity index (χ0) is 14.4. The molecule has 0 saturated heterocycles. The molecule has 1 atom stereocenters. The van der Waals surface area contributed by atoms with Crippen molar-refractivity contribution in [3.8, 4) is 11.3 Å². The SMILES string of the molecule is CC(N)CCCC(=O)Nc1ccc(-c2ccn[nH]2)cc1. The number of carbonyl (C=O) groups excluding carboxylic acids is 1. The molecule has 1 unspecified atom stereocenters. The number of aromatic nitrogens is 2. The van der Waals surface area contributed by atoms with E-state index >= 15 is 0 Å². The Morgan fingerprint density at radius 2 is 2.10 bits per heavy atom. The van der Waals surface area contributed by atoms with Crippen molar-refractivity contribution >= 4 is 11.6 Å². The molecule has 0 bridgehead atoms. The van der Waals surface area contributed by atoms with Crippen molar-refractivity contribution in [1.82, 2.24) is 10.2 Å². The molecule has 4 N–H and O–H groups in total. The van der Waals surface area contributed by atoms with Crippen LogP contribution >= 0.6 is 0 Å². The molecule has 0 saturated carbocycles. The van der Waals surface area contributed by atoms with E-state index in [0.717, 1.165) is 29.8 Å². The van der Waals surface area contributed by atoms with Gasteiger partial charge in [0.1, 0.15) is 0 Å². The molecular weight excluding hydrogens is 252 g/mol. The number of benzene rings is 1. The van der Waals surface area contributed by atoms with Gasteiger partial charge in [0.25, 0.3) is 0 Å². The number of nitrogens with one attached hydrogen (secondary N) is 2. The normalized spacial score (nSPS) is 12.1. The summed E-state index contributed by atoms with van der Waals surface area (Å²) < 4.78 is 0. The minimum Gasteiger partial charge on any atom is -0.328 e. The van der Waals surface area contributed by atoms with Gasteiger partial charge in [-0.25, -0.2) is 0 Å². The summed E-state index contributed by atoms with van der Waals surface area (Å²) in [4.78, 5) is 11.7. The van der Waals surface area contributed by atoms with Gasteiger partial charge >= 0.3 is 0 Å². The number of H-pyrrole nitrogens is 1. The molecule has 106 valence electrons. The Morgan fingerprint density at radius 1 is 1.35 bits per heavy atom. The van der Waals surface area contributed by atoms with Crippen molar-refractivity contribution < 1.29 is 4.79 Å². The van der Waals surface area contributed by atoms with Crippen LogP contribution in [-0.2, 0) is 4.79 Å². The van der Waals surface area contributed by atoms with Gasteiger partial charge in [-0.1, -0.05) is 12.1 Å². The average molecular weight is 272 g/mol. The summed E-state index contributed by atoms with van der Waals surface area (Å²) >= 11 is 0. The second kappa shape index (κ2) is 6.86. The van der Waals surface area contributed by atoms with Gasteiger partial charge in [-0.3, -0.25) is 9.89 Å². The minimum absolute atomic E-state index is 0.0277.